The molecule has 0 spiro atoms. The fourth-order valence-corrected chi connectivity index (χ4v) is 2.20. The van der Waals surface area contributed by atoms with Crippen LogP contribution in [0.1, 0.15) is 30.9 Å². The third-order valence-corrected chi connectivity index (χ3v) is 4.97. The van der Waals surface area contributed by atoms with Gasteiger partial charge in [-0.05, 0) is 17.0 Å². The molecule has 0 fully saturated rings. The zero-order valence-corrected chi connectivity index (χ0v) is 11.8. The van der Waals surface area contributed by atoms with Crippen LogP contribution in [0.2, 0.25) is 0 Å². The lowest BCUT2D eigenvalue weighted by molar-refractivity contribution is 0.586. The third-order valence-electron chi connectivity index (χ3n) is 2.29. The summed E-state index contributed by atoms with van der Waals surface area (Å²) in [7, 11) is -3.18. The number of alkyl halides is 1. The zero-order valence-electron chi connectivity index (χ0n) is 9.40. The maximum Gasteiger partial charge on any atom is 0.221 e. The number of hydrogen-bond donors (Lipinski definition) is 1. The highest BCUT2D eigenvalue weighted by Crippen LogP contribution is 2.14. The minimum atomic E-state index is -3.18. The smallest absolute Gasteiger partial charge is 0.212 e. The van der Waals surface area contributed by atoms with Crippen molar-refractivity contribution in [2.75, 3.05) is 4.66 Å². The average molecular weight is 306 g/mol. The van der Waals surface area contributed by atoms with Crippen LogP contribution in [-0.2, 0) is 16.6 Å². The van der Waals surface area contributed by atoms with E-state index in [-0.39, 0.29) is 4.66 Å². The highest BCUT2D eigenvalue weighted by molar-refractivity contribution is 9.10. The lowest BCUT2D eigenvalue weighted by atomic mass is 10.0. The van der Waals surface area contributed by atoms with Crippen molar-refractivity contribution in [1.29, 1.82) is 0 Å². The van der Waals surface area contributed by atoms with E-state index in [4.69, 9.17) is 0 Å². The second-order valence-corrected chi connectivity index (χ2v) is 7.05. The summed E-state index contributed by atoms with van der Waals surface area (Å²) in [6.45, 7) is 4.59. The minimum absolute atomic E-state index is 0.0654. The van der Waals surface area contributed by atoms with E-state index in [1.807, 2.05) is 24.3 Å². The SMILES string of the molecule is CC(C)c1ccc(CNS(=O)(=O)CBr)cc1. The Balaban J connectivity index is 2.63. The van der Waals surface area contributed by atoms with Crippen LogP contribution in [-0.4, -0.2) is 13.1 Å². The Morgan fingerprint density at radius 1 is 1.25 bits per heavy atom. The molecule has 0 aromatic heterocycles. The van der Waals surface area contributed by atoms with Gasteiger partial charge in [-0.3, -0.25) is 0 Å². The number of rotatable bonds is 5. The van der Waals surface area contributed by atoms with Crippen LogP contribution in [0.15, 0.2) is 24.3 Å². The van der Waals surface area contributed by atoms with Gasteiger partial charge in [-0.15, -0.1) is 0 Å². The molecule has 0 saturated carbocycles. The summed E-state index contributed by atoms with van der Waals surface area (Å²) < 4.78 is 24.8. The molecule has 5 heteroatoms. The molecule has 1 aromatic rings. The molecular weight excluding hydrogens is 290 g/mol. The maximum absolute atomic E-state index is 11.2. The van der Waals surface area contributed by atoms with Crippen molar-refractivity contribution in [3.05, 3.63) is 35.4 Å². The Morgan fingerprint density at radius 2 is 1.81 bits per heavy atom. The number of nitrogens with one attached hydrogen (secondary N) is 1. The largest absolute Gasteiger partial charge is 0.221 e. The molecule has 0 aliphatic rings. The van der Waals surface area contributed by atoms with Gasteiger partial charge in [-0.25, -0.2) is 13.1 Å². The Bertz CT molecular complexity index is 426. The molecule has 0 amide bonds. The summed E-state index contributed by atoms with van der Waals surface area (Å²) in [4.78, 5) is 0. The molecule has 0 heterocycles. The van der Waals surface area contributed by atoms with Crippen LogP contribution in [0.5, 0.6) is 0 Å². The second kappa shape index (κ2) is 5.80. The fourth-order valence-electron chi connectivity index (χ4n) is 1.25. The molecule has 0 radical (unpaired) electrons. The average Bonchev–Trinajstić information content (AvgIpc) is 2.27. The van der Waals surface area contributed by atoms with Crippen molar-refractivity contribution >= 4 is 26.0 Å². The van der Waals surface area contributed by atoms with Crippen molar-refractivity contribution in [1.82, 2.24) is 4.72 Å². The molecule has 1 rings (SSSR count). The third kappa shape index (κ3) is 4.23. The van der Waals surface area contributed by atoms with Crippen molar-refractivity contribution in [2.24, 2.45) is 0 Å². The van der Waals surface area contributed by atoms with E-state index in [1.54, 1.807) is 0 Å². The Morgan fingerprint density at radius 3 is 2.25 bits per heavy atom. The monoisotopic (exact) mass is 305 g/mol. The van der Waals surface area contributed by atoms with E-state index in [2.05, 4.69) is 34.5 Å². The van der Waals surface area contributed by atoms with E-state index in [1.165, 1.54) is 5.56 Å². The van der Waals surface area contributed by atoms with Crippen LogP contribution < -0.4 is 4.72 Å². The molecule has 0 saturated heterocycles. The summed E-state index contributed by atoms with van der Waals surface area (Å²) in [5.41, 5.74) is 2.22. The number of benzene rings is 1. The minimum Gasteiger partial charge on any atom is -0.212 e. The first-order valence-corrected chi connectivity index (χ1v) is 7.84. The number of halogens is 1. The maximum atomic E-state index is 11.2. The van der Waals surface area contributed by atoms with Gasteiger partial charge in [0.2, 0.25) is 10.0 Å². The molecule has 1 aromatic carbocycles. The summed E-state index contributed by atoms with van der Waals surface area (Å²) >= 11 is 2.92. The lowest BCUT2D eigenvalue weighted by Gasteiger charge is -2.07. The van der Waals surface area contributed by atoms with Gasteiger partial charge in [0, 0.05) is 6.54 Å². The van der Waals surface area contributed by atoms with Gasteiger partial charge in [0.15, 0.2) is 0 Å². The van der Waals surface area contributed by atoms with Crippen LogP contribution >= 0.6 is 15.9 Å². The van der Waals surface area contributed by atoms with Crippen molar-refractivity contribution in [2.45, 2.75) is 26.3 Å². The van der Waals surface area contributed by atoms with Gasteiger partial charge >= 0.3 is 0 Å². The molecule has 90 valence electrons. The van der Waals surface area contributed by atoms with Gasteiger partial charge in [-0.1, -0.05) is 54.0 Å². The van der Waals surface area contributed by atoms with E-state index in [0.717, 1.165) is 5.56 Å². The molecule has 1 N–H and O–H groups in total. The first kappa shape index (κ1) is 13.7. The van der Waals surface area contributed by atoms with E-state index in [0.29, 0.717) is 12.5 Å². The summed E-state index contributed by atoms with van der Waals surface area (Å²) in [5, 5.41) is 0. The van der Waals surface area contributed by atoms with E-state index >= 15 is 0 Å². The zero-order chi connectivity index (χ0) is 12.2. The highest BCUT2D eigenvalue weighted by atomic mass is 79.9. The fraction of sp³-hybridized carbons (Fsp3) is 0.455. The van der Waals surface area contributed by atoms with E-state index in [9.17, 15) is 8.42 Å². The van der Waals surface area contributed by atoms with E-state index < -0.39 is 10.0 Å². The van der Waals surface area contributed by atoms with Crippen molar-refractivity contribution in [3.63, 3.8) is 0 Å². The summed E-state index contributed by atoms with van der Waals surface area (Å²) in [6, 6.07) is 7.96. The topological polar surface area (TPSA) is 46.2 Å². The normalized spacial score (nSPS) is 12.0. The van der Waals surface area contributed by atoms with Crippen LogP contribution in [0.3, 0.4) is 0 Å². The van der Waals surface area contributed by atoms with Gasteiger partial charge in [0.1, 0.15) is 4.66 Å². The molecule has 0 unspecified atom stereocenters. The van der Waals surface area contributed by atoms with Gasteiger partial charge in [-0.2, -0.15) is 0 Å². The van der Waals surface area contributed by atoms with Crippen molar-refractivity contribution < 1.29 is 8.42 Å². The standard InChI is InChI=1S/C11H16BrNO2S/c1-9(2)11-5-3-10(4-6-11)7-13-16(14,15)8-12/h3-6,9,13H,7-8H2,1-2H3. The highest BCUT2D eigenvalue weighted by Gasteiger charge is 2.06. The molecule has 0 aliphatic carbocycles. The number of hydrogen-bond acceptors (Lipinski definition) is 2. The first-order chi connectivity index (χ1) is 7.44. The molecule has 0 atom stereocenters. The van der Waals surface area contributed by atoms with Crippen LogP contribution in [0.4, 0.5) is 0 Å². The Hall–Kier alpha value is -0.390. The molecule has 0 aliphatic heterocycles. The number of sulfonamides is 1. The van der Waals surface area contributed by atoms with Crippen LogP contribution in [0, 0.1) is 0 Å². The van der Waals surface area contributed by atoms with Gasteiger partial charge in [0.25, 0.3) is 0 Å². The molecular formula is C11H16BrNO2S. The molecule has 3 nitrogen and oxygen atoms in total. The predicted octanol–water partition coefficient (Wildman–Crippen LogP) is 2.58. The molecule has 0 bridgehead atoms. The summed E-state index contributed by atoms with van der Waals surface area (Å²) in [6.07, 6.45) is 0. The predicted molar refractivity (Wildman–Crippen MR) is 70.1 cm³/mol. The first-order valence-electron chi connectivity index (χ1n) is 5.07. The Kier molecular flexibility index (Phi) is 4.95. The van der Waals surface area contributed by atoms with Gasteiger partial charge in [0.05, 0.1) is 0 Å². The Labute approximate surface area is 105 Å². The lowest BCUT2D eigenvalue weighted by Crippen LogP contribution is -2.23. The molecule has 16 heavy (non-hydrogen) atoms. The van der Waals surface area contributed by atoms with Gasteiger partial charge < -0.3 is 0 Å². The van der Waals surface area contributed by atoms with Crippen LogP contribution in [0.25, 0.3) is 0 Å². The van der Waals surface area contributed by atoms with Crippen molar-refractivity contribution in [3.8, 4) is 0 Å². The quantitative estimate of drug-likeness (QED) is 0.850. The summed E-state index contributed by atoms with van der Waals surface area (Å²) in [5.74, 6) is 0.494. The second-order valence-electron chi connectivity index (χ2n) is 3.94.